The summed E-state index contributed by atoms with van der Waals surface area (Å²) >= 11 is 0. The van der Waals surface area contributed by atoms with Crippen LogP contribution in [0.25, 0.3) is 0 Å². The highest BCUT2D eigenvalue weighted by atomic mass is 16.5. The maximum atomic E-state index is 11.2. The van der Waals surface area contributed by atoms with Crippen molar-refractivity contribution in [2.24, 2.45) is 5.92 Å². The molecule has 2 nitrogen and oxygen atoms in total. The molecule has 0 aromatic rings. The van der Waals surface area contributed by atoms with Gasteiger partial charge in [-0.05, 0) is 51.9 Å². The van der Waals surface area contributed by atoms with Crippen LogP contribution in [0, 0.1) is 5.92 Å². The average Bonchev–Trinajstić information content (AvgIpc) is 2.31. The molecule has 0 heterocycles. The predicted octanol–water partition coefficient (Wildman–Crippen LogP) is 4.02. The first-order valence-electron chi connectivity index (χ1n) is 6.50. The predicted molar refractivity (Wildman–Crippen MR) is 70.7 cm³/mol. The lowest BCUT2D eigenvalue weighted by Gasteiger charge is -2.20. The third-order valence-corrected chi connectivity index (χ3v) is 3.31. The van der Waals surface area contributed by atoms with Gasteiger partial charge in [0.05, 0.1) is 7.11 Å². The van der Waals surface area contributed by atoms with Crippen LogP contribution >= 0.6 is 0 Å². The monoisotopic (exact) mass is 236 g/mol. The number of esters is 1. The Morgan fingerprint density at radius 2 is 2.29 bits per heavy atom. The van der Waals surface area contributed by atoms with E-state index >= 15 is 0 Å². The van der Waals surface area contributed by atoms with Gasteiger partial charge in [-0.1, -0.05) is 23.3 Å². The standard InChI is InChI=1S/C15H24O2/c1-12(2)5-4-6-13-7-9-14(10-8-13)11-15(16)17-3/h5,7,14H,4,6,8-11H2,1-3H3. The molecule has 1 unspecified atom stereocenters. The fourth-order valence-electron chi connectivity index (χ4n) is 2.22. The van der Waals surface area contributed by atoms with E-state index in [9.17, 15) is 4.79 Å². The maximum Gasteiger partial charge on any atom is 0.305 e. The van der Waals surface area contributed by atoms with Gasteiger partial charge < -0.3 is 4.74 Å². The zero-order chi connectivity index (χ0) is 12.7. The highest BCUT2D eigenvalue weighted by Gasteiger charge is 2.17. The van der Waals surface area contributed by atoms with Crippen molar-refractivity contribution in [3.63, 3.8) is 0 Å². The van der Waals surface area contributed by atoms with Crippen molar-refractivity contribution in [1.82, 2.24) is 0 Å². The van der Waals surface area contributed by atoms with Crippen LogP contribution in [-0.4, -0.2) is 13.1 Å². The molecule has 0 aromatic carbocycles. The molecule has 0 spiro atoms. The first-order valence-corrected chi connectivity index (χ1v) is 6.50. The van der Waals surface area contributed by atoms with Crippen LogP contribution in [0.2, 0.25) is 0 Å². The number of rotatable bonds is 5. The minimum absolute atomic E-state index is 0.0728. The summed E-state index contributed by atoms with van der Waals surface area (Å²) in [7, 11) is 1.46. The molecule has 1 rings (SSSR count). The largest absolute Gasteiger partial charge is 0.469 e. The van der Waals surface area contributed by atoms with Gasteiger partial charge >= 0.3 is 5.97 Å². The van der Waals surface area contributed by atoms with E-state index in [0.29, 0.717) is 12.3 Å². The first-order chi connectivity index (χ1) is 8.11. The van der Waals surface area contributed by atoms with Crippen molar-refractivity contribution < 1.29 is 9.53 Å². The van der Waals surface area contributed by atoms with E-state index in [-0.39, 0.29) is 5.97 Å². The summed E-state index contributed by atoms with van der Waals surface area (Å²) in [4.78, 5) is 11.2. The number of hydrogen-bond acceptors (Lipinski definition) is 2. The highest BCUT2D eigenvalue weighted by molar-refractivity contribution is 5.69. The van der Waals surface area contributed by atoms with E-state index in [2.05, 4.69) is 26.0 Å². The third kappa shape index (κ3) is 5.71. The lowest BCUT2D eigenvalue weighted by molar-refractivity contribution is -0.141. The Kier molecular flexibility index (Phi) is 6.03. The van der Waals surface area contributed by atoms with Crippen molar-refractivity contribution in [2.45, 2.75) is 52.4 Å². The summed E-state index contributed by atoms with van der Waals surface area (Å²) in [6.07, 6.45) is 10.9. The Morgan fingerprint density at radius 3 is 2.82 bits per heavy atom. The lowest BCUT2D eigenvalue weighted by atomic mass is 9.86. The van der Waals surface area contributed by atoms with Gasteiger partial charge in [-0.2, -0.15) is 0 Å². The smallest absolute Gasteiger partial charge is 0.305 e. The molecule has 0 saturated carbocycles. The molecule has 0 saturated heterocycles. The van der Waals surface area contributed by atoms with Crippen LogP contribution in [0.3, 0.4) is 0 Å². The molecule has 1 atom stereocenters. The van der Waals surface area contributed by atoms with Gasteiger partial charge in [0.2, 0.25) is 0 Å². The minimum Gasteiger partial charge on any atom is -0.469 e. The highest BCUT2D eigenvalue weighted by Crippen LogP contribution is 2.28. The number of ether oxygens (including phenoxy) is 1. The van der Waals surface area contributed by atoms with Gasteiger partial charge in [0.1, 0.15) is 0 Å². The second-order valence-electron chi connectivity index (χ2n) is 5.10. The van der Waals surface area contributed by atoms with Crippen LogP contribution in [0.5, 0.6) is 0 Å². The van der Waals surface area contributed by atoms with Gasteiger partial charge in [0.15, 0.2) is 0 Å². The van der Waals surface area contributed by atoms with Crippen LogP contribution < -0.4 is 0 Å². The van der Waals surface area contributed by atoms with E-state index in [1.165, 1.54) is 19.1 Å². The zero-order valence-electron chi connectivity index (χ0n) is 11.3. The van der Waals surface area contributed by atoms with Crippen molar-refractivity contribution in [1.29, 1.82) is 0 Å². The normalized spacial score (nSPS) is 19.5. The number of methoxy groups -OCH3 is 1. The van der Waals surface area contributed by atoms with E-state index < -0.39 is 0 Å². The number of allylic oxidation sites excluding steroid dienone is 4. The van der Waals surface area contributed by atoms with E-state index in [1.807, 2.05) is 0 Å². The van der Waals surface area contributed by atoms with E-state index in [4.69, 9.17) is 4.74 Å². The first kappa shape index (κ1) is 14.0. The fraction of sp³-hybridized carbons (Fsp3) is 0.667. The second kappa shape index (κ2) is 7.31. The summed E-state index contributed by atoms with van der Waals surface area (Å²) in [6, 6.07) is 0. The number of hydrogen-bond donors (Lipinski definition) is 0. The van der Waals surface area contributed by atoms with Crippen molar-refractivity contribution in [3.8, 4) is 0 Å². The molecule has 0 N–H and O–H groups in total. The minimum atomic E-state index is -0.0728. The van der Waals surface area contributed by atoms with Crippen LogP contribution in [0.1, 0.15) is 52.4 Å². The quantitative estimate of drug-likeness (QED) is 0.532. The van der Waals surface area contributed by atoms with Crippen LogP contribution in [-0.2, 0) is 9.53 Å². The van der Waals surface area contributed by atoms with Gasteiger partial charge in [0.25, 0.3) is 0 Å². The number of carbonyl (C=O) groups excluding carboxylic acids is 1. The Labute approximate surface area is 105 Å². The molecule has 2 heteroatoms. The van der Waals surface area contributed by atoms with Crippen molar-refractivity contribution in [2.75, 3.05) is 7.11 Å². The van der Waals surface area contributed by atoms with Crippen molar-refractivity contribution in [3.05, 3.63) is 23.3 Å². The summed E-state index contributed by atoms with van der Waals surface area (Å²) in [5.74, 6) is 0.422. The Hall–Kier alpha value is -1.05. The SMILES string of the molecule is COC(=O)CC1CC=C(CCC=C(C)C)CC1. The molecule has 0 fully saturated rings. The molecule has 0 radical (unpaired) electrons. The maximum absolute atomic E-state index is 11.2. The molecule has 17 heavy (non-hydrogen) atoms. The molecule has 1 aliphatic rings. The van der Waals surface area contributed by atoms with Crippen LogP contribution in [0.15, 0.2) is 23.3 Å². The summed E-state index contributed by atoms with van der Waals surface area (Å²) in [6.45, 7) is 4.28. The van der Waals surface area contributed by atoms with Crippen LogP contribution in [0.4, 0.5) is 0 Å². The number of carbonyl (C=O) groups is 1. The Bertz CT molecular complexity index is 309. The lowest BCUT2D eigenvalue weighted by Crippen LogP contribution is -2.12. The topological polar surface area (TPSA) is 26.3 Å². The summed E-state index contributed by atoms with van der Waals surface area (Å²) in [5, 5.41) is 0. The Balaban J connectivity index is 2.29. The Morgan fingerprint density at radius 1 is 1.53 bits per heavy atom. The molecule has 0 amide bonds. The summed E-state index contributed by atoms with van der Waals surface area (Å²) < 4.78 is 4.70. The second-order valence-corrected chi connectivity index (χ2v) is 5.10. The van der Waals surface area contributed by atoms with E-state index in [0.717, 1.165) is 25.7 Å². The molecule has 1 aliphatic carbocycles. The third-order valence-electron chi connectivity index (χ3n) is 3.31. The van der Waals surface area contributed by atoms with Gasteiger partial charge in [0, 0.05) is 6.42 Å². The van der Waals surface area contributed by atoms with E-state index in [1.54, 1.807) is 5.57 Å². The fourth-order valence-corrected chi connectivity index (χ4v) is 2.22. The zero-order valence-corrected chi connectivity index (χ0v) is 11.3. The van der Waals surface area contributed by atoms with Gasteiger partial charge in [-0.25, -0.2) is 0 Å². The van der Waals surface area contributed by atoms with Gasteiger partial charge in [-0.15, -0.1) is 0 Å². The molecule has 0 bridgehead atoms. The molecule has 0 aliphatic heterocycles. The average molecular weight is 236 g/mol. The molecule has 0 aromatic heterocycles. The molecular formula is C15H24O2. The van der Waals surface area contributed by atoms with Gasteiger partial charge in [-0.3, -0.25) is 4.79 Å². The summed E-state index contributed by atoms with van der Waals surface area (Å²) in [5.41, 5.74) is 2.95. The molecule has 96 valence electrons. The van der Waals surface area contributed by atoms with Crippen molar-refractivity contribution >= 4 is 5.97 Å². The molecular weight excluding hydrogens is 212 g/mol.